The molecule has 0 atom stereocenters. The molecule has 4 heteroatoms. The molecule has 2 aromatic rings. The number of nitrogens with zero attached hydrogens (tertiary/aromatic N) is 1. The van der Waals surface area contributed by atoms with Gasteiger partial charge in [0.1, 0.15) is 10.5 Å². The zero-order valence-corrected chi connectivity index (χ0v) is 8.94. The van der Waals surface area contributed by atoms with Crippen LogP contribution in [0.3, 0.4) is 0 Å². The third-order valence-electron chi connectivity index (χ3n) is 2.14. The van der Waals surface area contributed by atoms with Crippen LogP contribution in [0.25, 0.3) is 11.3 Å². The lowest BCUT2D eigenvalue weighted by Gasteiger charge is -2.02. The number of aromatic amines is 1. The average Bonchev–Trinajstić information content (AvgIpc) is 2.22. The lowest BCUT2D eigenvalue weighted by Crippen LogP contribution is -1.88. The van der Waals surface area contributed by atoms with Crippen molar-refractivity contribution in [3.8, 4) is 11.3 Å². The minimum atomic E-state index is -0.226. The topological polar surface area (TPSA) is 28.7 Å². The molecule has 1 heterocycles. The predicted octanol–water partition coefficient (Wildman–Crippen LogP) is 3.25. The van der Waals surface area contributed by atoms with Crippen molar-refractivity contribution in [1.82, 2.24) is 9.97 Å². The maximum atomic E-state index is 13.3. The highest BCUT2D eigenvalue weighted by Gasteiger charge is 2.02. The fourth-order valence-corrected chi connectivity index (χ4v) is 1.45. The van der Waals surface area contributed by atoms with Gasteiger partial charge in [-0.25, -0.2) is 4.39 Å². The molecular weight excluding hydrogens is 211 g/mol. The number of H-pyrrole nitrogens is 1. The largest absolute Gasteiger partial charge is 0.344 e. The Labute approximate surface area is 91.8 Å². The van der Waals surface area contributed by atoms with Crippen LogP contribution in [0.1, 0.15) is 5.56 Å². The quantitative estimate of drug-likeness (QED) is 0.747. The second kappa shape index (κ2) is 3.90. The van der Waals surface area contributed by atoms with Crippen molar-refractivity contribution in [1.29, 1.82) is 0 Å². The van der Waals surface area contributed by atoms with Gasteiger partial charge < -0.3 is 4.98 Å². The van der Waals surface area contributed by atoms with Crippen LogP contribution in [0.5, 0.6) is 0 Å². The van der Waals surface area contributed by atoms with E-state index in [1.165, 1.54) is 6.07 Å². The van der Waals surface area contributed by atoms with Gasteiger partial charge in [-0.1, -0.05) is 24.4 Å². The third-order valence-corrected chi connectivity index (χ3v) is 2.34. The second-order valence-corrected chi connectivity index (χ2v) is 3.71. The first-order chi connectivity index (χ1) is 7.16. The van der Waals surface area contributed by atoms with Gasteiger partial charge in [0.25, 0.3) is 0 Å². The molecule has 0 bridgehead atoms. The van der Waals surface area contributed by atoms with Gasteiger partial charge >= 0.3 is 0 Å². The lowest BCUT2D eigenvalue weighted by atomic mass is 10.1. The Hall–Kier alpha value is -1.55. The SMILES string of the molecule is Cc1ccc(-c2cncc(=S)[nH]2)cc1F. The van der Waals surface area contributed by atoms with E-state index in [0.29, 0.717) is 10.2 Å². The Morgan fingerprint density at radius 1 is 1.33 bits per heavy atom. The van der Waals surface area contributed by atoms with Gasteiger partial charge in [0.15, 0.2) is 0 Å². The number of rotatable bonds is 1. The van der Waals surface area contributed by atoms with E-state index in [9.17, 15) is 4.39 Å². The number of aryl methyl sites for hydroxylation is 1. The fraction of sp³-hybridized carbons (Fsp3) is 0.0909. The second-order valence-electron chi connectivity index (χ2n) is 3.27. The zero-order chi connectivity index (χ0) is 10.8. The van der Waals surface area contributed by atoms with Gasteiger partial charge in [0.05, 0.1) is 18.1 Å². The molecule has 1 aromatic heterocycles. The number of halogens is 1. The molecule has 76 valence electrons. The van der Waals surface area contributed by atoms with Crippen LogP contribution in [0.4, 0.5) is 4.39 Å². The molecule has 15 heavy (non-hydrogen) atoms. The van der Waals surface area contributed by atoms with E-state index in [-0.39, 0.29) is 5.82 Å². The molecule has 2 rings (SSSR count). The smallest absolute Gasteiger partial charge is 0.126 e. The predicted molar refractivity (Wildman–Crippen MR) is 59.6 cm³/mol. The highest BCUT2D eigenvalue weighted by molar-refractivity contribution is 7.71. The van der Waals surface area contributed by atoms with Crippen LogP contribution in [0.15, 0.2) is 30.6 Å². The highest BCUT2D eigenvalue weighted by atomic mass is 32.1. The summed E-state index contributed by atoms with van der Waals surface area (Å²) < 4.78 is 13.8. The van der Waals surface area contributed by atoms with Crippen LogP contribution in [-0.4, -0.2) is 9.97 Å². The maximum absolute atomic E-state index is 13.3. The summed E-state index contributed by atoms with van der Waals surface area (Å²) in [5.74, 6) is -0.226. The fourth-order valence-electron chi connectivity index (χ4n) is 1.28. The molecule has 2 nitrogen and oxygen atoms in total. The van der Waals surface area contributed by atoms with Crippen molar-refractivity contribution in [3.63, 3.8) is 0 Å². The summed E-state index contributed by atoms with van der Waals surface area (Å²) in [4.78, 5) is 6.91. The number of hydrogen-bond donors (Lipinski definition) is 1. The van der Waals surface area contributed by atoms with Crippen molar-refractivity contribution in [2.45, 2.75) is 6.92 Å². The van der Waals surface area contributed by atoms with E-state index >= 15 is 0 Å². The van der Waals surface area contributed by atoms with Crippen molar-refractivity contribution >= 4 is 12.2 Å². The summed E-state index contributed by atoms with van der Waals surface area (Å²) in [6, 6.07) is 5.03. The molecule has 0 fully saturated rings. The van der Waals surface area contributed by atoms with Crippen LogP contribution in [0.2, 0.25) is 0 Å². The molecule has 0 spiro atoms. The van der Waals surface area contributed by atoms with Crippen LogP contribution in [0, 0.1) is 17.4 Å². The third kappa shape index (κ3) is 2.10. The summed E-state index contributed by atoms with van der Waals surface area (Å²) in [7, 11) is 0. The van der Waals surface area contributed by atoms with Crippen LogP contribution >= 0.6 is 12.2 Å². The van der Waals surface area contributed by atoms with E-state index in [1.54, 1.807) is 25.4 Å². The zero-order valence-electron chi connectivity index (χ0n) is 8.12. The Balaban J connectivity index is 2.55. The molecular formula is C11H9FN2S. The van der Waals surface area contributed by atoms with Crippen molar-refractivity contribution in [2.24, 2.45) is 0 Å². The summed E-state index contributed by atoms with van der Waals surface area (Å²) in [5.41, 5.74) is 2.10. The van der Waals surface area contributed by atoms with Gasteiger partial charge in [-0.15, -0.1) is 0 Å². The number of nitrogens with one attached hydrogen (secondary N) is 1. The molecule has 0 aliphatic carbocycles. The first-order valence-corrected chi connectivity index (χ1v) is 4.88. The standard InChI is InChI=1S/C11H9FN2S/c1-7-2-3-8(4-9(7)12)10-5-13-6-11(15)14-10/h2-6H,1H3,(H,14,15). The molecule has 0 radical (unpaired) electrons. The molecule has 0 aliphatic rings. The Morgan fingerprint density at radius 3 is 2.80 bits per heavy atom. The Kier molecular flexibility index (Phi) is 2.60. The molecule has 0 unspecified atom stereocenters. The first-order valence-electron chi connectivity index (χ1n) is 4.47. The minimum Gasteiger partial charge on any atom is -0.344 e. The molecule has 1 N–H and O–H groups in total. The van der Waals surface area contributed by atoms with Crippen molar-refractivity contribution < 1.29 is 4.39 Å². The molecule has 0 saturated heterocycles. The number of benzene rings is 1. The van der Waals surface area contributed by atoms with Gasteiger partial charge in [-0.05, 0) is 18.6 Å². The number of hydrogen-bond acceptors (Lipinski definition) is 2. The summed E-state index contributed by atoms with van der Waals surface area (Å²) >= 11 is 4.95. The van der Waals surface area contributed by atoms with Crippen molar-refractivity contribution in [3.05, 3.63) is 46.6 Å². The Morgan fingerprint density at radius 2 is 2.13 bits per heavy atom. The highest BCUT2D eigenvalue weighted by Crippen LogP contribution is 2.18. The van der Waals surface area contributed by atoms with Gasteiger partial charge in [-0.2, -0.15) is 0 Å². The van der Waals surface area contributed by atoms with Crippen molar-refractivity contribution in [2.75, 3.05) is 0 Å². The normalized spacial score (nSPS) is 10.3. The van der Waals surface area contributed by atoms with E-state index in [1.807, 2.05) is 6.07 Å². The van der Waals surface area contributed by atoms with E-state index in [4.69, 9.17) is 12.2 Å². The van der Waals surface area contributed by atoms with Gasteiger partial charge in [0, 0.05) is 5.56 Å². The molecule has 0 saturated carbocycles. The van der Waals surface area contributed by atoms with Crippen LogP contribution in [-0.2, 0) is 0 Å². The lowest BCUT2D eigenvalue weighted by molar-refractivity contribution is 0.619. The molecule has 0 aliphatic heterocycles. The molecule has 1 aromatic carbocycles. The summed E-state index contributed by atoms with van der Waals surface area (Å²) in [6.07, 6.45) is 3.17. The minimum absolute atomic E-state index is 0.226. The van der Waals surface area contributed by atoms with E-state index < -0.39 is 0 Å². The maximum Gasteiger partial charge on any atom is 0.126 e. The monoisotopic (exact) mass is 220 g/mol. The van der Waals surface area contributed by atoms with E-state index in [2.05, 4.69) is 9.97 Å². The van der Waals surface area contributed by atoms with Gasteiger partial charge in [-0.3, -0.25) is 4.98 Å². The summed E-state index contributed by atoms with van der Waals surface area (Å²) in [5, 5.41) is 0. The van der Waals surface area contributed by atoms with Crippen LogP contribution < -0.4 is 0 Å². The number of aromatic nitrogens is 2. The first kappa shape index (κ1) is 9.98. The Bertz CT molecular complexity index is 548. The van der Waals surface area contributed by atoms with E-state index in [0.717, 1.165) is 11.3 Å². The summed E-state index contributed by atoms with van der Waals surface area (Å²) in [6.45, 7) is 1.73. The van der Waals surface area contributed by atoms with Gasteiger partial charge in [0.2, 0.25) is 0 Å². The molecule has 0 amide bonds. The average molecular weight is 220 g/mol.